The average molecular weight is 526 g/mol. The molecule has 0 atom stereocenters. The van der Waals surface area contributed by atoms with Gasteiger partial charge in [-0.05, 0) is 25.0 Å². The van der Waals surface area contributed by atoms with E-state index in [9.17, 15) is 4.79 Å². The maximum atomic E-state index is 12.5. The predicted octanol–water partition coefficient (Wildman–Crippen LogP) is 7.72. The quantitative estimate of drug-likeness (QED) is 0.126. The number of ether oxygens (including phenoxy) is 2. The van der Waals surface area contributed by atoms with E-state index < -0.39 is 0 Å². The molecule has 2 rings (SSSR count). The Hall–Kier alpha value is -2.56. The van der Waals surface area contributed by atoms with Crippen LogP contribution in [0.5, 0.6) is 11.5 Å². The van der Waals surface area contributed by atoms with Gasteiger partial charge in [-0.25, -0.2) is 4.57 Å². The molecule has 0 fully saturated rings. The fraction of sp³-hybridized carbons (Fsp3) is 0.636. The SMILES string of the molecule is CCCCCCCCCCCCCCCCOc1ccc(CC(=O)NCc2cc[n+](CC)cc2)c(OC)c1. The summed E-state index contributed by atoms with van der Waals surface area (Å²) in [6.07, 6.45) is 23.3. The minimum absolute atomic E-state index is 0.0217. The fourth-order valence-corrected chi connectivity index (χ4v) is 4.70. The van der Waals surface area contributed by atoms with Crippen molar-refractivity contribution in [2.45, 2.75) is 123 Å². The van der Waals surface area contributed by atoms with Gasteiger partial charge >= 0.3 is 0 Å². The highest BCUT2D eigenvalue weighted by molar-refractivity contribution is 5.79. The van der Waals surface area contributed by atoms with Crippen LogP contribution in [0.15, 0.2) is 42.7 Å². The highest BCUT2D eigenvalue weighted by atomic mass is 16.5. The number of benzene rings is 1. The summed E-state index contributed by atoms with van der Waals surface area (Å²) in [4.78, 5) is 12.5. The van der Waals surface area contributed by atoms with Gasteiger partial charge in [0.1, 0.15) is 18.0 Å². The molecule has 1 amide bonds. The third kappa shape index (κ3) is 13.8. The van der Waals surface area contributed by atoms with Gasteiger partial charge in [0.2, 0.25) is 5.91 Å². The molecule has 5 nitrogen and oxygen atoms in total. The van der Waals surface area contributed by atoms with Crippen molar-refractivity contribution in [2.24, 2.45) is 0 Å². The van der Waals surface area contributed by atoms with Gasteiger partial charge in [0.25, 0.3) is 0 Å². The molecule has 1 aromatic carbocycles. The average Bonchev–Trinajstić information content (AvgIpc) is 2.95. The summed E-state index contributed by atoms with van der Waals surface area (Å²) in [5, 5.41) is 3.00. The lowest BCUT2D eigenvalue weighted by Crippen LogP contribution is -2.31. The van der Waals surface area contributed by atoms with Gasteiger partial charge in [-0.1, -0.05) is 96.5 Å². The molecule has 5 heteroatoms. The zero-order valence-corrected chi connectivity index (χ0v) is 24.4. The van der Waals surface area contributed by atoms with E-state index in [-0.39, 0.29) is 12.3 Å². The minimum Gasteiger partial charge on any atom is -0.496 e. The van der Waals surface area contributed by atoms with E-state index in [1.165, 1.54) is 83.5 Å². The molecule has 0 aliphatic heterocycles. The Morgan fingerprint density at radius 3 is 1.92 bits per heavy atom. The Labute approximate surface area is 232 Å². The Bertz CT molecular complexity index is 882. The van der Waals surface area contributed by atoms with Crippen LogP contribution in [0.2, 0.25) is 0 Å². The predicted molar refractivity (Wildman–Crippen MR) is 157 cm³/mol. The largest absolute Gasteiger partial charge is 0.496 e. The van der Waals surface area contributed by atoms with Crippen LogP contribution in [0, 0.1) is 0 Å². The Morgan fingerprint density at radius 1 is 0.789 bits per heavy atom. The third-order valence-electron chi connectivity index (χ3n) is 7.19. The normalized spacial score (nSPS) is 10.9. The van der Waals surface area contributed by atoms with Gasteiger partial charge in [0.15, 0.2) is 12.4 Å². The number of amides is 1. The summed E-state index contributed by atoms with van der Waals surface area (Å²) in [5.41, 5.74) is 1.95. The number of aryl methyl sites for hydroxylation is 1. The number of carbonyl (C=O) groups is 1. The number of carbonyl (C=O) groups excluding carboxylic acids is 1. The lowest BCUT2D eigenvalue weighted by molar-refractivity contribution is -0.693. The number of methoxy groups -OCH3 is 1. The second-order valence-electron chi connectivity index (χ2n) is 10.4. The number of rotatable bonds is 22. The smallest absolute Gasteiger partial charge is 0.224 e. The van der Waals surface area contributed by atoms with E-state index in [0.29, 0.717) is 12.3 Å². The van der Waals surface area contributed by atoms with Crippen molar-refractivity contribution in [1.29, 1.82) is 0 Å². The highest BCUT2D eigenvalue weighted by Gasteiger charge is 2.11. The molecule has 0 aliphatic carbocycles. The second kappa shape index (κ2) is 20.4. The van der Waals surface area contributed by atoms with E-state index in [0.717, 1.165) is 36.4 Å². The number of nitrogens with zero attached hydrogens (tertiary/aromatic N) is 1. The van der Waals surface area contributed by atoms with Crippen LogP contribution < -0.4 is 19.4 Å². The number of unbranched alkanes of at least 4 members (excludes halogenated alkanes) is 13. The van der Waals surface area contributed by atoms with Crippen molar-refractivity contribution >= 4 is 5.91 Å². The molecule has 1 N–H and O–H groups in total. The van der Waals surface area contributed by atoms with Crippen LogP contribution in [0.1, 0.15) is 115 Å². The number of hydrogen-bond acceptors (Lipinski definition) is 3. The number of nitrogens with one attached hydrogen (secondary N) is 1. The van der Waals surface area contributed by atoms with Crippen LogP contribution in [0.4, 0.5) is 0 Å². The van der Waals surface area contributed by atoms with Crippen LogP contribution in [-0.2, 0) is 24.3 Å². The lowest BCUT2D eigenvalue weighted by atomic mass is 10.0. The number of pyridine rings is 1. The first-order valence-corrected chi connectivity index (χ1v) is 15.2. The standard InChI is InChI=1S/C33H52N2O3/c1-4-6-7-8-9-10-11-12-13-14-15-16-17-18-25-38-31-20-19-30(32(27-31)37-3)26-33(36)34-28-29-21-23-35(5-2)24-22-29/h19-24,27H,4-18,25-26,28H2,1-3H3/p+1. The zero-order chi connectivity index (χ0) is 27.3. The van der Waals surface area contributed by atoms with Crippen molar-refractivity contribution in [2.75, 3.05) is 13.7 Å². The molecule has 0 unspecified atom stereocenters. The Kier molecular flexibility index (Phi) is 17.0. The van der Waals surface area contributed by atoms with E-state index in [4.69, 9.17) is 9.47 Å². The van der Waals surface area contributed by atoms with Crippen molar-refractivity contribution in [3.63, 3.8) is 0 Å². The Morgan fingerprint density at radius 2 is 1.37 bits per heavy atom. The summed E-state index contributed by atoms with van der Waals surface area (Å²) in [7, 11) is 1.64. The van der Waals surface area contributed by atoms with Crippen molar-refractivity contribution < 1.29 is 18.8 Å². The van der Waals surface area contributed by atoms with E-state index in [1.807, 2.05) is 42.7 Å². The van der Waals surface area contributed by atoms with Gasteiger partial charge in [-0.15, -0.1) is 0 Å². The Balaban J connectivity index is 1.54. The van der Waals surface area contributed by atoms with Crippen LogP contribution >= 0.6 is 0 Å². The number of aromatic nitrogens is 1. The first-order valence-electron chi connectivity index (χ1n) is 15.2. The highest BCUT2D eigenvalue weighted by Crippen LogP contribution is 2.25. The molecular formula is C33H53N2O3+. The molecule has 1 aromatic heterocycles. The van der Waals surface area contributed by atoms with E-state index in [1.54, 1.807) is 7.11 Å². The summed E-state index contributed by atoms with van der Waals surface area (Å²) in [5.74, 6) is 1.48. The van der Waals surface area contributed by atoms with Gasteiger partial charge in [-0.3, -0.25) is 4.79 Å². The van der Waals surface area contributed by atoms with Gasteiger partial charge in [0.05, 0.1) is 20.1 Å². The van der Waals surface area contributed by atoms with E-state index >= 15 is 0 Å². The molecule has 0 radical (unpaired) electrons. The lowest BCUT2D eigenvalue weighted by Gasteiger charge is -2.12. The summed E-state index contributed by atoms with van der Waals surface area (Å²) >= 11 is 0. The van der Waals surface area contributed by atoms with Gasteiger partial charge in [0, 0.05) is 30.3 Å². The molecule has 0 bridgehead atoms. The fourth-order valence-electron chi connectivity index (χ4n) is 4.70. The molecule has 0 saturated heterocycles. The van der Waals surface area contributed by atoms with Crippen LogP contribution in [0.3, 0.4) is 0 Å². The molecule has 0 spiro atoms. The summed E-state index contributed by atoms with van der Waals surface area (Å²) in [6, 6.07) is 9.84. The third-order valence-corrected chi connectivity index (χ3v) is 7.19. The van der Waals surface area contributed by atoms with Gasteiger partial charge < -0.3 is 14.8 Å². The maximum Gasteiger partial charge on any atom is 0.224 e. The summed E-state index contributed by atoms with van der Waals surface area (Å²) < 4.78 is 13.6. The molecule has 0 saturated carbocycles. The molecule has 212 valence electrons. The summed E-state index contributed by atoms with van der Waals surface area (Å²) in [6.45, 7) is 6.56. The van der Waals surface area contributed by atoms with Crippen LogP contribution in [-0.4, -0.2) is 19.6 Å². The topological polar surface area (TPSA) is 51.4 Å². The first kappa shape index (κ1) is 31.7. The molecule has 1 heterocycles. The molecule has 2 aromatic rings. The minimum atomic E-state index is -0.0217. The van der Waals surface area contributed by atoms with Crippen molar-refractivity contribution in [3.8, 4) is 11.5 Å². The van der Waals surface area contributed by atoms with E-state index in [2.05, 4.69) is 23.7 Å². The molecule has 38 heavy (non-hydrogen) atoms. The van der Waals surface area contributed by atoms with Crippen molar-refractivity contribution in [1.82, 2.24) is 5.32 Å². The number of hydrogen-bond donors (Lipinski definition) is 1. The molecular weight excluding hydrogens is 472 g/mol. The zero-order valence-electron chi connectivity index (χ0n) is 24.4. The van der Waals surface area contributed by atoms with Crippen molar-refractivity contribution in [3.05, 3.63) is 53.9 Å². The van der Waals surface area contributed by atoms with Gasteiger partial charge in [-0.2, -0.15) is 0 Å². The second-order valence-corrected chi connectivity index (χ2v) is 10.4. The maximum absolute atomic E-state index is 12.5. The first-order chi connectivity index (χ1) is 18.7. The molecule has 0 aliphatic rings. The van der Waals surface area contributed by atoms with Crippen LogP contribution in [0.25, 0.3) is 0 Å². The monoisotopic (exact) mass is 525 g/mol.